The number of pyridine rings is 1. The van der Waals surface area contributed by atoms with Crippen molar-refractivity contribution < 1.29 is 0 Å². The molecule has 0 aromatic carbocycles. The maximum Gasteiger partial charge on any atom is 0.222 e. The first kappa shape index (κ1) is 10.4. The highest BCUT2D eigenvalue weighted by Crippen LogP contribution is 2.15. The first-order valence-electron chi connectivity index (χ1n) is 4.93. The standard InChI is InChI=1S/C11H13N5/c1-7-3-9(6-13-5-7)15-10-4-8(2)14-11(12)16-10/h3-6H,1-2H3,(H3,12,14,15,16). The van der Waals surface area contributed by atoms with Crippen LogP contribution in [0.4, 0.5) is 17.5 Å². The smallest absolute Gasteiger partial charge is 0.222 e. The number of nitrogens with zero attached hydrogens (tertiary/aromatic N) is 3. The molecule has 0 aliphatic heterocycles. The van der Waals surface area contributed by atoms with Crippen LogP contribution in [-0.4, -0.2) is 15.0 Å². The number of nitrogens with one attached hydrogen (secondary N) is 1. The van der Waals surface area contributed by atoms with Crippen LogP contribution in [-0.2, 0) is 0 Å². The third kappa shape index (κ3) is 2.44. The zero-order valence-corrected chi connectivity index (χ0v) is 9.23. The summed E-state index contributed by atoms with van der Waals surface area (Å²) in [4.78, 5) is 12.2. The summed E-state index contributed by atoms with van der Waals surface area (Å²) in [6, 6.07) is 3.82. The summed E-state index contributed by atoms with van der Waals surface area (Å²) in [6.45, 7) is 3.86. The number of aromatic nitrogens is 3. The molecule has 5 heteroatoms. The summed E-state index contributed by atoms with van der Waals surface area (Å²) in [5, 5.41) is 3.13. The SMILES string of the molecule is Cc1cncc(Nc2cc(C)nc(N)n2)c1. The average molecular weight is 215 g/mol. The number of rotatable bonds is 2. The van der Waals surface area contributed by atoms with Gasteiger partial charge in [-0.1, -0.05) is 0 Å². The van der Waals surface area contributed by atoms with Crippen LogP contribution in [0.2, 0.25) is 0 Å². The summed E-state index contributed by atoms with van der Waals surface area (Å²) in [6.07, 6.45) is 3.53. The maximum absolute atomic E-state index is 5.57. The van der Waals surface area contributed by atoms with Gasteiger partial charge >= 0.3 is 0 Å². The maximum atomic E-state index is 5.57. The molecule has 0 saturated carbocycles. The largest absolute Gasteiger partial charge is 0.368 e. The summed E-state index contributed by atoms with van der Waals surface area (Å²) in [7, 11) is 0. The summed E-state index contributed by atoms with van der Waals surface area (Å²) in [5.74, 6) is 0.945. The van der Waals surface area contributed by atoms with Crippen molar-refractivity contribution in [2.24, 2.45) is 0 Å². The second kappa shape index (κ2) is 4.14. The van der Waals surface area contributed by atoms with E-state index < -0.39 is 0 Å². The fourth-order valence-electron chi connectivity index (χ4n) is 1.43. The minimum Gasteiger partial charge on any atom is -0.368 e. The minimum atomic E-state index is 0.267. The Morgan fingerprint density at radius 1 is 1.12 bits per heavy atom. The molecular weight excluding hydrogens is 202 g/mol. The number of hydrogen-bond acceptors (Lipinski definition) is 5. The van der Waals surface area contributed by atoms with Crippen molar-refractivity contribution in [1.82, 2.24) is 15.0 Å². The lowest BCUT2D eigenvalue weighted by atomic mass is 10.3. The molecule has 0 fully saturated rings. The van der Waals surface area contributed by atoms with Gasteiger partial charge in [-0.2, -0.15) is 4.98 Å². The first-order valence-corrected chi connectivity index (χ1v) is 4.93. The van der Waals surface area contributed by atoms with E-state index in [2.05, 4.69) is 20.3 Å². The lowest BCUT2D eigenvalue weighted by Crippen LogP contribution is -2.01. The fraction of sp³-hybridized carbons (Fsp3) is 0.182. The Balaban J connectivity index is 2.27. The molecule has 2 rings (SSSR count). The molecule has 0 unspecified atom stereocenters. The van der Waals surface area contributed by atoms with Gasteiger partial charge in [0.15, 0.2) is 0 Å². The van der Waals surface area contributed by atoms with Crippen molar-refractivity contribution in [3.05, 3.63) is 35.8 Å². The lowest BCUT2D eigenvalue weighted by Gasteiger charge is -2.06. The van der Waals surface area contributed by atoms with Gasteiger partial charge in [-0.05, 0) is 25.5 Å². The van der Waals surface area contributed by atoms with Crippen LogP contribution in [0.3, 0.4) is 0 Å². The van der Waals surface area contributed by atoms with Crippen molar-refractivity contribution in [3.8, 4) is 0 Å². The van der Waals surface area contributed by atoms with E-state index in [1.807, 2.05) is 26.0 Å². The van der Waals surface area contributed by atoms with Crippen LogP contribution < -0.4 is 11.1 Å². The van der Waals surface area contributed by atoms with E-state index in [0.29, 0.717) is 5.82 Å². The number of nitrogens with two attached hydrogens (primary N) is 1. The second-order valence-corrected chi connectivity index (χ2v) is 3.63. The van der Waals surface area contributed by atoms with Crippen molar-refractivity contribution in [3.63, 3.8) is 0 Å². The topological polar surface area (TPSA) is 76.7 Å². The zero-order chi connectivity index (χ0) is 11.5. The molecule has 3 N–H and O–H groups in total. The Hall–Kier alpha value is -2.17. The van der Waals surface area contributed by atoms with E-state index in [1.165, 1.54) is 0 Å². The van der Waals surface area contributed by atoms with Crippen molar-refractivity contribution in [1.29, 1.82) is 0 Å². The van der Waals surface area contributed by atoms with Crippen LogP contribution in [0, 0.1) is 13.8 Å². The van der Waals surface area contributed by atoms with Crippen LogP contribution in [0.5, 0.6) is 0 Å². The van der Waals surface area contributed by atoms with Gasteiger partial charge in [0.05, 0.1) is 11.9 Å². The molecule has 16 heavy (non-hydrogen) atoms. The van der Waals surface area contributed by atoms with Gasteiger partial charge in [-0.25, -0.2) is 4.98 Å². The van der Waals surface area contributed by atoms with Crippen LogP contribution in [0.1, 0.15) is 11.3 Å². The number of hydrogen-bond donors (Lipinski definition) is 2. The Bertz CT molecular complexity index is 489. The molecule has 0 amide bonds. The fourth-order valence-corrected chi connectivity index (χ4v) is 1.43. The molecule has 82 valence electrons. The normalized spacial score (nSPS) is 10.1. The van der Waals surface area contributed by atoms with E-state index in [1.54, 1.807) is 12.4 Å². The number of nitrogen functional groups attached to an aromatic ring is 1. The molecule has 0 aliphatic carbocycles. The molecule has 0 spiro atoms. The zero-order valence-electron chi connectivity index (χ0n) is 9.23. The van der Waals surface area contributed by atoms with Crippen molar-refractivity contribution >= 4 is 17.5 Å². The highest BCUT2D eigenvalue weighted by Gasteiger charge is 2.00. The van der Waals surface area contributed by atoms with Gasteiger partial charge in [0.1, 0.15) is 5.82 Å². The van der Waals surface area contributed by atoms with E-state index in [4.69, 9.17) is 5.73 Å². The van der Waals surface area contributed by atoms with E-state index >= 15 is 0 Å². The van der Waals surface area contributed by atoms with Gasteiger partial charge in [0.25, 0.3) is 0 Å². The molecule has 0 bridgehead atoms. The summed E-state index contributed by atoms with van der Waals surface area (Å²) >= 11 is 0. The van der Waals surface area contributed by atoms with E-state index in [0.717, 1.165) is 16.9 Å². The number of aryl methyl sites for hydroxylation is 2. The van der Waals surface area contributed by atoms with Gasteiger partial charge in [0.2, 0.25) is 5.95 Å². The molecule has 2 heterocycles. The predicted molar refractivity (Wildman–Crippen MR) is 63.4 cm³/mol. The van der Waals surface area contributed by atoms with Crippen LogP contribution in [0.25, 0.3) is 0 Å². The monoisotopic (exact) mass is 215 g/mol. The highest BCUT2D eigenvalue weighted by atomic mass is 15.1. The Kier molecular flexibility index (Phi) is 2.68. The quantitative estimate of drug-likeness (QED) is 0.799. The average Bonchev–Trinajstić information content (AvgIpc) is 2.15. The van der Waals surface area contributed by atoms with Crippen molar-refractivity contribution in [2.45, 2.75) is 13.8 Å². The van der Waals surface area contributed by atoms with Crippen molar-refractivity contribution in [2.75, 3.05) is 11.1 Å². The molecular formula is C11H13N5. The lowest BCUT2D eigenvalue weighted by molar-refractivity contribution is 1.12. The van der Waals surface area contributed by atoms with E-state index in [9.17, 15) is 0 Å². The van der Waals surface area contributed by atoms with Gasteiger partial charge < -0.3 is 11.1 Å². The number of anilines is 3. The molecule has 0 radical (unpaired) electrons. The Morgan fingerprint density at radius 3 is 2.62 bits per heavy atom. The Labute approximate surface area is 93.8 Å². The van der Waals surface area contributed by atoms with E-state index in [-0.39, 0.29) is 5.95 Å². The second-order valence-electron chi connectivity index (χ2n) is 3.63. The van der Waals surface area contributed by atoms with Gasteiger partial charge in [-0.15, -0.1) is 0 Å². The highest BCUT2D eigenvalue weighted by molar-refractivity contribution is 5.56. The molecule has 0 saturated heterocycles. The van der Waals surface area contributed by atoms with Gasteiger partial charge in [0, 0.05) is 18.0 Å². The minimum absolute atomic E-state index is 0.267. The first-order chi connectivity index (χ1) is 7.63. The predicted octanol–water partition coefficient (Wildman–Crippen LogP) is 1.81. The van der Waals surface area contributed by atoms with Crippen LogP contribution >= 0.6 is 0 Å². The third-order valence-electron chi connectivity index (χ3n) is 2.02. The summed E-state index contributed by atoms with van der Waals surface area (Å²) in [5.41, 5.74) is 8.37. The molecule has 0 atom stereocenters. The third-order valence-corrected chi connectivity index (χ3v) is 2.02. The molecule has 2 aromatic heterocycles. The van der Waals surface area contributed by atoms with Gasteiger partial charge in [-0.3, -0.25) is 4.98 Å². The molecule has 5 nitrogen and oxygen atoms in total. The molecule has 0 aliphatic rings. The van der Waals surface area contributed by atoms with Crippen LogP contribution in [0.15, 0.2) is 24.5 Å². The molecule has 2 aromatic rings. The summed E-state index contributed by atoms with van der Waals surface area (Å²) < 4.78 is 0. The Morgan fingerprint density at radius 2 is 1.94 bits per heavy atom.